The van der Waals surface area contributed by atoms with Gasteiger partial charge in [-0.2, -0.15) is 13.2 Å². The maximum Gasteiger partial charge on any atom is 0.490 e. The van der Waals surface area contributed by atoms with Gasteiger partial charge in [-0.3, -0.25) is 4.79 Å². The second kappa shape index (κ2) is 12.9. The maximum atomic E-state index is 12.7. The van der Waals surface area contributed by atoms with E-state index in [0.29, 0.717) is 17.2 Å². The van der Waals surface area contributed by atoms with Crippen LogP contribution < -0.4 is 10.2 Å². The highest BCUT2D eigenvalue weighted by atomic mass is 19.4. The molecule has 206 valence electrons. The van der Waals surface area contributed by atoms with Crippen molar-refractivity contribution >= 4 is 29.2 Å². The quantitative estimate of drug-likeness (QED) is 0.351. The number of amides is 1. The zero-order valence-electron chi connectivity index (χ0n) is 21.2. The molecule has 0 radical (unpaired) electrons. The molecule has 0 atom stereocenters. The molecule has 39 heavy (non-hydrogen) atoms. The first-order valence-electron chi connectivity index (χ1n) is 12.3. The predicted octanol–water partition coefficient (Wildman–Crippen LogP) is 6.04. The van der Waals surface area contributed by atoms with Gasteiger partial charge in [0.25, 0.3) is 5.91 Å². The highest BCUT2D eigenvalue weighted by molar-refractivity contribution is 6.08. The number of alkyl halides is 3. The number of carbonyl (C=O) groups excluding carboxylic acids is 1. The van der Waals surface area contributed by atoms with Gasteiger partial charge in [-0.05, 0) is 67.5 Å². The van der Waals surface area contributed by atoms with E-state index in [-0.39, 0.29) is 11.5 Å². The second-order valence-corrected chi connectivity index (χ2v) is 9.23. The largest absolute Gasteiger partial charge is 0.490 e. The van der Waals surface area contributed by atoms with Crippen LogP contribution >= 0.6 is 0 Å². The average molecular weight is 543 g/mol. The fraction of sp³-hybridized carbons (Fsp3) is 0.276. The molecule has 1 heterocycles. The van der Waals surface area contributed by atoms with Crippen LogP contribution in [0.15, 0.2) is 72.8 Å². The van der Waals surface area contributed by atoms with Crippen LogP contribution in [0.4, 0.5) is 24.5 Å². The minimum atomic E-state index is -5.08. The summed E-state index contributed by atoms with van der Waals surface area (Å²) in [7, 11) is 0. The van der Waals surface area contributed by atoms with Gasteiger partial charge in [0.2, 0.25) is 0 Å². The van der Waals surface area contributed by atoms with Crippen LogP contribution in [-0.2, 0) is 11.2 Å². The summed E-state index contributed by atoms with van der Waals surface area (Å²) in [4.78, 5) is 35.7. The Bertz CT molecular complexity index is 1300. The maximum absolute atomic E-state index is 12.7. The van der Waals surface area contributed by atoms with Crippen molar-refractivity contribution in [2.45, 2.75) is 32.4 Å². The van der Waals surface area contributed by atoms with E-state index in [2.05, 4.69) is 34.5 Å². The van der Waals surface area contributed by atoms with E-state index < -0.39 is 18.1 Å². The van der Waals surface area contributed by atoms with Gasteiger partial charge in [0.05, 0.1) is 11.3 Å². The molecule has 0 aromatic heterocycles. The third kappa shape index (κ3) is 8.33. The lowest BCUT2D eigenvalue weighted by atomic mass is 9.90. The van der Waals surface area contributed by atoms with Gasteiger partial charge >= 0.3 is 18.1 Å². The Kier molecular flexibility index (Phi) is 9.70. The Balaban J connectivity index is 0.000000532. The Morgan fingerprint density at radius 2 is 1.49 bits per heavy atom. The number of anilines is 2. The van der Waals surface area contributed by atoms with E-state index in [9.17, 15) is 27.9 Å². The molecule has 1 aliphatic rings. The van der Waals surface area contributed by atoms with E-state index >= 15 is 0 Å². The third-order valence-corrected chi connectivity index (χ3v) is 6.46. The number of halogens is 3. The summed E-state index contributed by atoms with van der Waals surface area (Å²) >= 11 is 0. The van der Waals surface area contributed by atoms with Gasteiger partial charge in [0, 0.05) is 24.3 Å². The van der Waals surface area contributed by atoms with Crippen LogP contribution in [0.5, 0.6) is 0 Å². The van der Waals surface area contributed by atoms with Crippen molar-refractivity contribution in [1.29, 1.82) is 0 Å². The molecule has 1 aliphatic heterocycles. The first kappa shape index (κ1) is 29.2. The van der Waals surface area contributed by atoms with Crippen molar-refractivity contribution in [2.75, 3.05) is 23.3 Å². The van der Waals surface area contributed by atoms with Gasteiger partial charge in [-0.1, -0.05) is 48.5 Å². The molecule has 0 bridgehead atoms. The van der Waals surface area contributed by atoms with Crippen molar-refractivity contribution in [3.05, 3.63) is 95.1 Å². The Morgan fingerprint density at radius 1 is 0.897 bits per heavy atom. The number of rotatable bonds is 6. The number of aliphatic carboxylic acids is 1. The lowest BCUT2D eigenvalue weighted by molar-refractivity contribution is -0.192. The van der Waals surface area contributed by atoms with Crippen LogP contribution in [-0.4, -0.2) is 47.3 Å². The molecule has 4 rings (SSSR count). The molecular formula is C29H29F3N2O5. The molecule has 0 unspecified atom stereocenters. The molecule has 1 saturated heterocycles. The number of aryl methyl sites for hydroxylation is 1. The van der Waals surface area contributed by atoms with Gasteiger partial charge in [0.15, 0.2) is 0 Å². The second-order valence-electron chi connectivity index (χ2n) is 9.23. The fourth-order valence-corrected chi connectivity index (χ4v) is 4.37. The number of nitrogens with one attached hydrogen (secondary N) is 1. The van der Waals surface area contributed by atoms with Crippen LogP contribution in [0.1, 0.15) is 44.7 Å². The molecular weight excluding hydrogens is 513 g/mol. The molecule has 0 aliphatic carbocycles. The highest BCUT2D eigenvalue weighted by Crippen LogP contribution is 2.29. The van der Waals surface area contributed by atoms with E-state index in [1.54, 1.807) is 24.3 Å². The van der Waals surface area contributed by atoms with Crippen LogP contribution in [0, 0.1) is 12.8 Å². The monoisotopic (exact) mass is 542 g/mol. The lowest BCUT2D eigenvalue weighted by Gasteiger charge is -2.34. The number of aromatic carboxylic acids is 1. The van der Waals surface area contributed by atoms with Crippen molar-refractivity contribution in [3.63, 3.8) is 0 Å². The number of benzene rings is 3. The summed E-state index contributed by atoms with van der Waals surface area (Å²) in [5.74, 6) is -3.47. The van der Waals surface area contributed by atoms with Crippen molar-refractivity contribution in [1.82, 2.24) is 0 Å². The van der Waals surface area contributed by atoms with Crippen molar-refractivity contribution in [2.24, 2.45) is 5.92 Å². The van der Waals surface area contributed by atoms with Crippen LogP contribution in [0.25, 0.3) is 0 Å². The van der Waals surface area contributed by atoms with Crippen molar-refractivity contribution in [3.8, 4) is 0 Å². The number of piperidine rings is 1. The SMILES string of the molecule is Cc1ccccc1C(=O)Nc1ccc(N2CCC(Cc3ccccc3)CC2)cc1C(=O)O.O=C(O)C(F)(F)F. The third-order valence-electron chi connectivity index (χ3n) is 6.46. The molecule has 3 aromatic rings. The topological polar surface area (TPSA) is 107 Å². The standard InChI is InChI=1S/C27H28N2O3.C2HF3O2/c1-19-7-5-6-10-23(19)26(30)28-25-12-11-22(18-24(25)27(31)32)29-15-13-21(14-16-29)17-20-8-3-2-4-9-20;3-2(4,5)1(6)7/h2-12,18,21H,13-17H2,1H3,(H,28,30)(H,31,32);(H,6,7). The molecule has 1 fully saturated rings. The lowest BCUT2D eigenvalue weighted by Crippen LogP contribution is -2.34. The van der Waals surface area contributed by atoms with Crippen LogP contribution in [0.3, 0.4) is 0 Å². The van der Waals surface area contributed by atoms with E-state index in [1.165, 1.54) is 5.56 Å². The Labute approximate surface area is 223 Å². The smallest absolute Gasteiger partial charge is 0.478 e. The van der Waals surface area contributed by atoms with E-state index in [0.717, 1.165) is 43.6 Å². The molecule has 0 saturated carbocycles. The number of carbonyl (C=O) groups is 3. The van der Waals surface area contributed by atoms with E-state index in [1.807, 2.05) is 31.2 Å². The number of carboxylic acids is 2. The number of hydrogen-bond acceptors (Lipinski definition) is 4. The van der Waals surface area contributed by atoms with Gasteiger partial charge in [0.1, 0.15) is 0 Å². The zero-order valence-corrected chi connectivity index (χ0v) is 21.2. The predicted molar refractivity (Wildman–Crippen MR) is 141 cm³/mol. The molecule has 1 amide bonds. The normalized spacial score (nSPS) is 13.7. The Hall–Kier alpha value is -4.34. The summed E-state index contributed by atoms with van der Waals surface area (Å²) in [5, 5.41) is 19.7. The number of carboxylic acid groups (broad SMARTS) is 2. The average Bonchev–Trinajstić information content (AvgIpc) is 2.90. The van der Waals surface area contributed by atoms with Crippen molar-refractivity contribution < 1.29 is 37.8 Å². The number of hydrogen-bond donors (Lipinski definition) is 3. The summed E-state index contributed by atoms with van der Waals surface area (Å²) in [6.07, 6.45) is -1.86. The minimum absolute atomic E-state index is 0.107. The summed E-state index contributed by atoms with van der Waals surface area (Å²) < 4.78 is 31.7. The first-order chi connectivity index (χ1) is 18.5. The molecule has 7 nitrogen and oxygen atoms in total. The summed E-state index contributed by atoms with van der Waals surface area (Å²) in [6, 6.07) is 23.1. The minimum Gasteiger partial charge on any atom is -0.478 e. The zero-order chi connectivity index (χ0) is 28.6. The fourth-order valence-electron chi connectivity index (χ4n) is 4.37. The van der Waals surface area contributed by atoms with Gasteiger partial charge < -0.3 is 20.4 Å². The molecule has 3 N–H and O–H groups in total. The van der Waals surface area contributed by atoms with E-state index in [4.69, 9.17) is 9.90 Å². The first-order valence-corrected chi connectivity index (χ1v) is 12.3. The summed E-state index contributed by atoms with van der Waals surface area (Å²) in [5.41, 5.74) is 4.05. The van der Waals surface area contributed by atoms with Gasteiger partial charge in [-0.25, -0.2) is 9.59 Å². The number of nitrogens with zero attached hydrogens (tertiary/aromatic N) is 1. The molecule has 10 heteroatoms. The molecule has 0 spiro atoms. The summed E-state index contributed by atoms with van der Waals surface area (Å²) in [6.45, 7) is 3.65. The Morgan fingerprint density at radius 3 is 2.05 bits per heavy atom. The van der Waals surface area contributed by atoms with Crippen LogP contribution in [0.2, 0.25) is 0 Å². The molecule has 3 aromatic carbocycles. The van der Waals surface area contributed by atoms with Gasteiger partial charge in [-0.15, -0.1) is 0 Å². The highest BCUT2D eigenvalue weighted by Gasteiger charge is 2.38.